The number of terminal acetylenes is 1. The average Bonchev–Trinajstić information content (AvgIpc) is 2.01. The molecule has 2 nitrogen and oxygen atoms in total. The molecule has 0 aromatic rings. The third-order valence-electron chi connectivity index (χ3n) is 1.46. The second-order valence-electron chi connectivity index (χ2n) is 2.33. The van der Waals surface area contributed by atoms with Gasteiger partial charge in [-0.1, -0.05) is 0 Å². The zero-order valence-corrected chi connectivity index (χ0v) is 7.05. The molecule has 0 aliphatic carbocycles. The molecule has 0 aromatic heterocycles. The molecule has 0 rings (SSSR count). The topological polar surface area (TPSA) is 29.5 Å². The third kappa shape index (κ3) is 5.90. The van der Waals surface area contributed by atoms with Crippen molar-refractivity contribution < 1.29 is 9.84 Å². The first-order valence-electron chi connectivity index (χ1n) is 4.01. The Morgan fingerprint density at radius 3 is 2.73 bits per heavy atom. The van der Waals surface area contributed by atoms with Crippen LogP contribution in [0.25, 0.3) is 0 Å². The van der Waals surface area contributed by atoms with E-state index in [1.54, 1.807) is 0 Å². The van der Waals surface area contributed by atoms with Gasteiger partial charge >= 0.3 is 0 Å². The quantitative estimate of drug-likeness (QED) is 0.585. The zero-order chi connectivity index (χ0) is 8.53. The van der Waals surface area contributed by atoms with Gasteiger partial charge in [0, 0.05) is 19.6 Å². The Labute approximate surface area is 68.6 Å². The van der Waals surface area contributed by atoms with Gasteiger partial charge < -0.3 is 9.84 Å². The highest BCUT2D eigenvalue weighted by molar-refractivity contribution is 4.84. The number of hydrogen-bond donors (Lipinski definition) is 1. The van der Waals surface area contributed by atoms with Crippen LogP contribution in [0.4, 0.5) is 0 Å². The summed E-state index contributed by atoms with van der Waals surface area (Å²) in [5, 5.41) is 8.63. The van der Waals surface area contributed by atoms with Crippen molar-refractivity contribution in [2.24, 2.45) is 0 Å². The van der Waals surface area contributed by atoms with Crippen molar-refractivity contribution in [3.8, 4) is 12.3 Å². The van der Waals surface area contributed by atoms with E-state index in [4.69, 9.17) is 16.3 Å². The maximum atomic E-state index is 8.63. The molecule has 1 atom stereocenters. The van der Waals surface area contributed by atoms with Crippen molar-refractivity contribution in [2.75, 3.05) is 13.2 Å². The molecular weight excluding hydrogens is 140 g/mol. The first-order valence-corrected chi connectivity index (χ1v) is 4.01. The van der Waals surface area contributed by atoms with Gasteiger partial charge in [0.05, 0.1) is 6.10 Å². The predicted molar refractivity (Wildman–Crippen MR) is 45.2 cm³/mol. The SMILES string of the molecule is C#CCCC(CCO)OCC. The van der Waals surface area contributed by atoms with Gasteiger partial charge in [0.1, 0.15) is 0 Å². The molecule has 0 radical (unpaired) electrons. The Kier molecular flexibility index (Phi) is 7.23. The lowest BCUT2D eigenvalue weighted by molar-refractivity contribution is 0.0395. The predicted octanol–water partition coefficient (Wildman–Crippen LogP) is 1.19. The van der Waals surface area contributed by atoms with Crippen LogP contribution in [0.3, 0.4) is 0 Å². The van der Waals surface area contributed by atoms with Gasteiger partial charge in [0.2, 0.25) is 0 Å². The summed E-state index contributed by atoms with van der Waals surface area (Å²) in [6.45, 7) is 2.81. The van der Waals surface area contributed by atoms with E-state index in [0.717, 1.165) is 12.8 Å². The summed E-state index contributed by atoms with van der Waals surface area (Å²) in [5.74, 6) is 2.55. The second-order valence-corrected chi connectivity index (χ2v) is 2.33. The maximum absolute atomic E-state index is 8.63. The molecule has 0 amide bonds. The number of aliphatic hydroxyl groups excluding tert-OH is 1. The van der Waals surface area contributed by atoms with Crippen LogP contribution >= 0.6 is 0 Å². The Hall–Kier alpha value is -0.520. The minimum absolute atomic E-state index is 0.140. The van der Waals surface area contributed by atoms with Crippen molar-refractivity contribution in [1.82, 2.24) is 0 Å². The number of ether oxygens (including phenoxy) is 1. The van der Waals surface area contributed by atoms with Crippen LogP contribution in [-0.4, -0.2) is 24.4 Å². The molecule has 0 heterocycles. The average molecular weight is 156 g/mol. The zero-order valence-electron chi connectivity index (χ0n) is 7.05. The monoisotopic (exact) mass is 156 g/mol. The molecule has 64 valence electrons. The minimum atomic E-state index is 0.140. The molecule has 0 aliphatic rings. The summed E-state index contributed by atoms with van der Waals surface area (Å²) < 4.78 is 5.33. The van der Waals surface area contributed by atoms with Crippen LogP contribution in [0.15, 0.2) is 0 Å². The van der Waals surface area contributed by atoms with E-state index in [1.807, 2.05) is 6.92 Å². The van der Waals surface area contributed by atoms with E-state index < -0.39 is 0 Å². The molecule has 0 aromatic carbocycles. The Bertz CT molecular complexity index is 109. The lowest BCUT2D eigenvalue weighted by Crippen LogP contribution is -2.14. The van der Waals surface area contributed by atoms with Crippen LogP contribution in [0.1, 0.15) is 26.2 Å². The summed E-state index contributed by atoms with van der Waals surface area (Å²) in [7, 11) is 0. The summed E-state index contributed by atoms with van der Waals surface area (Å²) in [6.07, 6.45) is 7.51. The fourth-order valence-electron chi connectivity index (χ4n) is 0.935. The highest BCUT2D eigenvalue weighted by Crippen LogP contribution is 2.05. The van der Waals surface area contributed by atoms with Gasteiger partial charge in [-0.25, -0.2) is 0 Å². The first-order chi connectivity index (χ1) is 5.35. The second kappa shape index (κ2) is 7.59. The smallest absolute Gasteiger partial charge is 0.0605 e. The van der Waals surface area contributed by atoms with Crippen LogP contribution in [0.2, 0.25) is 0 Å². The highest BCUT2D eigenvalue weighted by atomic mass is 16.5. The highest BCUT2D eigenvalue weighted by Gasteiger charge is 2.05. The molecule has 1 N–H and O–H groups in total. The molecule has 0 fully saturated rings. The van der Waals surface area contributed by atoms with Crippen molar-refractivity contribution in [3.05, 3.63) is 0 Å². The summed E-state index contributed by atoms with van der Waals surface area (Å²) >= 11 is 0. The van der Waals surface area contributed by atoms with E-state index in [1.165, 1.54) is 0 Å². The Balaban J connectivity index is 3.44. The van der Waals surface area contributed by atoms with E-state index in [-0.39, 0.29) is 12.7 Å². The number of aliphatic hydroxyl groups is 1. The van der Waals surface area contributed by atoms with Crippen molar-refractivity contribution in [2.45, 2.75) is 32.3 Å². The molecule has 0 aliphatic heterocycles. The van der Waals surface area contributed by atoms with Gasteiger partial charge in [-0.05, 0) is 19.8 Å². The molecule has 0 saturated carbocycles. The largest absolute Gasteiger partial charge is 0.396 e. The van der Waals surface area contributed by atoms with E-state index in [2.05, 4.69) is 5.92 Å². The Morgan fingerprint density at radius 2 is 2.27 bits per heavy atom. The molecular formula is C9H16O2. The van der Waals surface area contributed by atoms with E-state index in [9.17, 15) is 0 Å². The minimum Gasteiger partial charge on any atom is -0.396 e. The van der Waals surface area contributed by atoms with Gasteiger partial charge in [-0.15, -0.1) is 12.3 Å². The fraction of sp³-hybridized carbons (Fsp3) is 0.778. The Morgan fingerprint density at radius 1 is 1.55 bits per heavy atom. The third-order valence-corrected chi connectivity index (χ3v) is 1.46. The standard InChI is InChI=1S/C9H16O2/c1-3-5-6-9(7-8-10)11-4-2/h1,9-10H,4-8H2,2H3. The lowest BCUT2D eigenvalue weighted by Gasteiger charge is -2.13. The van der Waals surface area contributed by atoms with Gasteiger partial charge in [0.15, 0.2) is 0 Å². The summed E-state index contributed by atoms with van der Waals surface area (Å²) in [6, 6.07) is 0. The number of hydrogen-bond acceptors (Lipinski definition) is 2. The van der Waals surface area contributed by atoms with E-state index >= 15 is 0 Å². The maximum Gasteiger partial charge on any atom is 0.0605 e. The van der Waals surface area contributed by atoms with Crippen molar-refractivity contribution in [1.29, 1.82) is 0 Å². The molecule has 0 saturated heterocycles. The summed E-state index contributed by atoms with van der Waals surface area (Å²) in [5.41, 5.74) is 0. The molecule has 2 heteroatoms. The van der Waals surface area contributed by atoms with Crippen molar-refractivity contribution in [3.63, 3.8) is 0 Å². The fourth-order valence-corrected chi connectivity index (χ4v) is 0.935. The lowest BCUT2D eigenvalue weighted by atomic mass is 10.1. The van der Waals surface area contributed by atoms with Gasteiger partial charge in [-0.3, -0.25) is 0 Å². The molecule has 11 heavy (non-hydrogen) atoms. The van der Waals surface area contributed by atoms with Crippen LogP contribution < -0.4 is 0 Å². The van der Waals surface area contributed by atoms with E-state index in [0.29, 0.717) is 13.0 Å². The number of rotatable bonds is 6. The van der Waals surface area contributed by atoms with Gasteiger partial charge in [0.25, 0.3) is 0 Å². The molecule has 0 spiro atoms. The summed E-state index contributed by atoms with van der Waals surface area (Å²) in [4.78, 5) is 0. The van der Waals surface area contributed by atoms with Crippen LogP contribution in [0, 0.1) is 12.3 Å². The van der Waals surface area contributed by atoms with Crippen LogP contribution in [0.5, 0.6) is 0 Å². The first kappa shape index (κ1) is 10.5. The molecule has 0 bridgehead atoms. The normalized spacial score (nSPS) is 12.5. The molecule has 1 unspecified atom stereocenters. The van der Waals surface area contributed by atoms with Crippen LogP contribution in [-0.2, 0) is 4.74 Å². The van der Waals surface area contributed by atoms with Crippen molar-refractivity contribution >= 4 is 0 Å². The van der Waals surface area contributed by atoms with Gasteiger partial charge in [-0.2, -0.15) is 0 Å².